The number of benzene rings is 1. The Morgan fingerprint density at radius 1 is 1.23 bits per heavy atom. The van der Waals surface area contributed by atoms with E-state index >= 15 is 0 Å². The molecule has 0 saturated heterocycles. The van der Waals surface area contributed by atoms with E-state index in [1.807, 2.05) is 0 Å². The van der Waals surface area contributed by atoms with E-state index in [9.17, 15) is 14.9 Å². The molecule has 1 aliphatic rings. The van der Waals surface area contributed by atoms with Gasteiger partial charge in [-0.05, 0) is 37.0 Å². The molecule has 1 heterocycles. The standard InChI is InChI=1S/C19H21N3O4/c23-19(15-8-4-9-16(12-15)22(24)25)21-18-17(10-5-11-20-18)26-13-14-6-2-1-3-7-14/h4-5,8-12,14H,1-3,6-7,13H2,(H,20,21,23). The van der Waals surface area contributed by atoms with E-state index in [2.05, 4.69) is 10.3 Å². The van der Waals surface area contributed by atoms with Gasteiger partial charge >= 0.3 is 0 Å². The average Bonchev–Trinajstić information content (AvgIpc) is 2.68. The second-order valence-corrected chi connectivity index (χ2v) is 6.43. The van der Waals surface area contributed by atoms with E-state index in [0.717, 1.165) is 12.8 Å². The first-order valence-electron chi connectivity index (χ1n) is 8.77. The number of nitro benzene ring substituents is 1. The number of hydrogen-bond acceptors (Lipinski definition) is 5. The summed E-state index contributed by atoms with van der Waals surface area (Å²) in [5, 5.41) is 13.5. The highest BCUT2D eigenvalue weighted by Crippen LogP contribution is 2.27. The lowest BCUT2D eigenvalue weighted by Crippen LogP contribution is -2.17. The highest BCUT2D eigenvalue weighted by atomic mass is 16.6. The molecule has 1 fully saturated rings. The molecule has 1 aromatic heterocycles. The van der Waals surface area contributed by atoms with E-state index in [-0.39, 0.29) is 11.3 Å². The molecule has 1 N–H and O–H groups in total. The Labute approximate surface area is 151 Å². The summed E-state index contributed by atoms with van der Waals surface area (Å²) in [4.78, 5) is 26.9. The molecule has 1 saturated carbocycles. The van der Waals surface area contributed by atoms with Gasteiger partial charge in [0.2, 0.25) is 0 Å². The van der Waals surface area contributed by atoms with Gasteiger partial charge in [0.25, 0.3) is 11.6 Å². The number of carbonyl (C=O) groups is 1. The summed E-state index contributed by atoms with van der Waals surface area (Å²) < 4.78 is 5.89. The monoisotopic (exact) mass is 355 g/mol. The fourth-order valence-corrected chi connectivity index (χ4v) is 3.10. The molecule has 136 valence electrons. The zero-order valence-corrected chi connectivity index (χ0v) is 14.4. The number of rotatable bonds is 6. The first-order chi connectivity index (χ1) is 12.6. The van der Waals surface area contributed by atoms with Crippen LogP contribution in [0.4, 0.5) is 11.5 Å². The molecule has 1 aliphatic carbocycles. The summed E-state index contributed by atoms with van der Waals surface area (Å²) in [6.45, 7) is 0.603. The van der Waals surface area contributed by atoms with Gasteiger partial charge in [0.15, 0.2) is 11.6 Å². The molecule has 0 atom stereocenters. The van der Waals surface area contributed by atoms with Crippen LogP contribution in [0.3, 0.4) is 0 Å². The van der Waals surface area contributed by atoms with Crippen LogP contribution in [0.5, 0.6) is 5.75 Å². The summed E-state index contributed by atoms with van der Waals surface area (Å²) in [5.41, 5.74) is 0.0653. The third-order valence-corrected chi connectivity index (χ3v) is 4.52. The van der Waals surface area contributed by atoms with Crippen molar-refractivity contribution in [2.75, 3.05) is 11.9 Å². The van der Waals surface area contributed by atoms with Gasteiger partial charge in [0, 0.05) is 23.9 Å². The zero-order chi connectivity index (χ0) is 18.4. The SMILES string of the molecule is O=C(Nc1ncccc1OCC1CCCCC1)c1cccc([N+](=O)[O-])c1. The van der Waals surface area contributed by atoms with Crippen LogP contribution in [0.15, 0.2) is 42.6 Å². The highest BCUT2D eigenvalue weighted by molar-refractivity contribution is 6.04. The Hall–Kier alpha value is -2.96. The Morgan fingerprint density at radius 2 is 2.04 bits per heavy atom. The number of nitrogens with zero attached hydrogens (tertiary/aromatic N) is 2. The van der Waals surface area contributed by atoms with Crippen molar-refractivity contribution in [2.24, 2.45) is 5.92 Å². The van der Waals surface area contributed by atoms with Crippen molar-refractivity contribution in [2.45, 2.75) is 32.1 Å². The molecule has 0 aliphatic heterocycles. The number of non-ortho nitro benzene ring substituents is 1. The van der Waals surface area contributed by atoms with Crippen LogP contribution >= 0.6 is 0 Å². The molecule has 26 heavy (non-hydrogen) atoms. The summed E-state index contributed by atoms with van der Waals surface area (Å²) in [6.07, 6.45) is 7.64. The molecular weight excluding hydrogens is 334 g/mol. The quantitative estimate of drug-likeness (QED) is 0.619. The maximum absolute atomic E-state index is 12.4. The van der Waals surface area contributed by atoms with Gasteiger partial charge in [0.1, 0.15) is 0 Å². The first-order valence-corrected chi connectivity index (χ1v) is 8.77. The molecule has 0 radical (unpaired) electrons. The number of amides is 1. The third kappa shape index (κ3) is 4.56. The molecule has 2 aromatic rings. The van der Waals surface area contributed by atoms with Gasteiger partial charge in [-0.3, -0.25) is 14.9 Å². The molecular formula is C19H21N3O4. The molecule has 3 rings (SSSR count). The summed E-state index contributed by atoms with van der Waals surface area (Å²) in [7, 11) is 0. The van der Waals surface area contributed by atoms with Crippen LogP contribution in [0.25, 0.3) is 0 Å². The molecule has 7 nitrogen and oxygen atoms in total. The minimum atomic E-state index is -0.531. The van der Waals surface area contributed by atoms with Crippen molar-refractivity contribution in [3.63, 3.8) is 0 Å². The van der Waals surface area contributed by atoms with Crippen LogP contribution in [0.1, 0.15) is 42.5 Å². The van der Waals surface area contributed by atoms with Crippen molar-refractivity contribution in [1.29, 1.82) is 0 Å². The number of aromatic nitrogens is 1. The second-order valence-electron chi connectivity index (χ2n) is 6.43. The van der Waals surface area contributed by atoms with E-state index in [1.165, 1.54) is 43.5 Å². The fraction of sp³-hybridized carbons (Fsp3) is 0.368. The van der Waals surface area contributed by atoms with E-state index in [1.54, 1.807) is 18.3 Å². The maximum atomic E-state index is 12.4. The minimum Gasteiger partial charge on any atom is -0.489 e. The zero-order valence-electron chi connectivity index (χ0n) is 14.4. The van der Waals surface area contributed by atoms with E-state index < -0.39 is 10.8 Å². The number of pyridine rings is 1. The van der Waals surface area contributed by atoms with Crippen molar-refractivity contribution in [3.05, 3.63) is 58.3 Å². The number of anilines is 1. The lowest BCUT2D eigenvalue weighted by atomic mass is 9.90. The molecule has 1 aromatic carbocycles. The number of hydrogen-bond donors (Lipinski definition) is 1. The van der Waals surface area contributed by atoms with Gasteiger partial charge in [0.05, 0.1) is 11.5 Å². The fourth-order valence-electron chi connectivity index (χ4n) is 3.10. The first kappa shape index (κ1) is 17.8. The Bertz CT molecular complexity index is 788. The van der Waals surface area contributed by atoms with Gasteiger partial charge < -0.3 is 10.1 Å². The largest absolute Gasteiger partial charge is 0.489 e. The molecule has 0 bridgehead atoms. The highest BCUT2D eigenvalue weighted by Gasteiger charge is 2.17. The van der Waals surface area contributed by atoms with Crippen molar-refractivity contribution < 1.29 is 14.5 Å². The normalized spacial score (nSPS) is 14.6. The lowest BCUT2D eigenvalue weighted by molar-refractivity contribution is -0.384. The summed E-state index contributed by atoms with van der Waals surface area (Å²) in [6, 6.07) is 9.09. The Balaban J connectivity index is 1.68. The lowest BCUT2D eigenvalue weighted by Gasteiger charge is -2.22. The van der Waals surface area contributed by atoms with Gasteiger partial charge in [-0.15, -0.1) is 0 Å². The summed E-state index contributed by atoms with van der Waals surface area (Å²) in [5.74, 6) is 0.899. The van der Waals surface area contributed by atoms with Crippen molar-refractivity contribution >= 4 is 17.4 Å². The predicted molar refractivity (Wildman–Crippen MR) is 97.4 cm³/mol. The molecule has 0 unspecified atom stereocenters. The smallest absolute Gasteiger partial charge is 0.270 e. The average molecular weight is 355 g/mol. The molecule has 7 heteroatoms. The van der Waals surface area contributed by atoms with Gasteiger partial charge in [-0.2, -0.15) is 0 Å². The molecule has 0 spiro atoms. The number of nitrogens with one attached hydrogen (secondary N) is 1. The number of carbonyl (C=O) groups excluding carboxylic acids is 1. The third-order valence-electron chi connectivity index (χ3n) is 4.52. The predicted octanol–water partition coefficient (Wildman–Crippen LogP) is 4.20. The minimum absolute atomic E-state index is 0.132. The maximum Gasteiger partial charge on any atom is 0.270 e. The van der Waals surface area contributed by atoms with E-state index in [0.29, 0.717) is 24.1 Å². The van der Waals surface area contributed by atoms with Crippen LogP contribution < -0.4 is 10.1 Å². The summed E-state index contributed by atoms with van der Waals surface area (Å²) >= 11 is 0. The number of ether oxygens (including phenoxy) is 1. The van der Waals surface area contributed by atoms with Gasteiger partial charge in [-0.25, -0.2) is 4.98 Å². The second kappa shape index (κ2) is 8.42. The van der Waals surface area contributed by atoms with Crippen LogP contribution in [-0.2, 0) is 0 Å². The number of nitro groups is 1. The van der Waals surface area contributed by atoms with Crippen LogP contribution in [0.2, 0.25) is 0 Å². The van der Waals surface area contributed by atoms with Crippen LogP contribution in [0, 0.1) is 16.0 Å². The van der Waals surface area contributed by atoms with Crippen LogP contribution in [-0.4, -0.2) is 22.4 Å². The van der Waals surface area contributed by atoms with E-state index in [4.69, 9.17) is 4.74 Å². The van der Waals surface area contributed by atoms with Crippen molar-refractivity contribution in [3.8, 4) is 5.75 Å². The molecule has 1 amide bonds. The topological polar surface area (TPSA) is 94.4 Å². The van der Waals surface area contributed by atoms with Gasteiger partial charge in [-0.1, -0.05) is 25.3 Å². The van der Waals surface area contributed by atoms with Crippen molar-refractivity contribution in [1.82, 2.24) is 4.98 Å². The Kier molecular flexibility index (Phi) is 5.78. The Morgan fingerprint density at radius 3 is 2.81 bits per heavy atom.